The Morgan fingerprint density at radius 2 is 1.80 bits per heavy atom. The van der Waals surface area contributed by atoms with E-state index in [1.54, 1.807) is 0 Å². The summed E-state index contributed by atoms with van der Waals surface area (Å²) in [7, 11) is 0. The molecular weight excluding hydrogens is 265 g/mol. The number of amides is 2. The second-order valence-electron chi connectivity index (χ2n) is 5.19. The zero-order chi connectivity index (χ0) is 14.4. The molecule has 2 amide bonds. The maximum Gasteiger partial charge on any atom is 0.338 e. The molecule has 1 aliphatic carbocycles. The van der Waals surface area contributed by atoms with Crippen molar-refractivity contribution < 1.29 is 23.9 Å². The van der Waals surface area contributed by atoms with Crippen LogP contribution < -0.4 is 4.90 Å². The van der Waals surface area contributed by atoms with E-state index in [0.29, 0.717) is 19.3 Å². The molecule has 104 valence electrons. The van der Waals surface area contributed by atoms with Crippen molar-refractivity contribution >= 4 is 23.5 Å². The summed E-state index contributed by atoms with van der Waals surface area (Å²) in [6, 6.07) is 3.31. The van der Waals surface area contributed by atoms with Gasteiger partial charge in [0, 0.05) is 11.8 Å². The summed E-state index contributed by atoms with van der Waals surface area (Å²) in [5.74, 6) is -3.32. The largest absolute Gasteiger partial charge is 0.478 e. The lowest BCUT2D eigenvalue weighted by Crippen LogP contribution is -2.46. The maximum atomic E-state index is 13.7. The number of anilines is 1. The van der Waals surface area contributed by atoms with Gasteiger partial charge in [-0.05, 0) is 37.5 Å². The minimum atomic E-state index is -1.38. The van der Waals surface area contributed by atoms with Crippen molar-refractivity contribution in [1.82, 2.24) is 0 Å². The number of carboxylic acids is 1. The second kappa shape index (κ2) is 4.40. The van der Waals surface area contributed by atoms with Gasteiger partial charge in [0.25, 0.3) is 0 Å². The van der Waals surface area contributed by atoms with Gasteiger partial charge in [-0.25, -0.2) is 14.1 Å². The Morgan fingerprint density at radius 1 is 1.20 bits per heavy atom. The number of hydrogen-bond donors (Lipinski definition) is 1. The van der Waals surface area contributed by atoms with Gasteiger partial charge in [-0.3, -0.25) is 9.59 Å². The van der Waals surface area contributed by atoms with Crippen LogP contribution in [-0.2, 0) is 9.59 Å². The molecule has 1 aromatic rings. The number of carbonyl (C=O) groups is 3. The van der Waals surface area contributed by atoms with E-state index >= 15 is 0 Å². The van der Waals surface area contributed by atoms with E-state index in [1.165, 1.54) is 6.07 Å². The molecule has 1 aromatic carbocycles. The van der Waals surface area contributed by atoms with E-state index in [0.717, 1.165) is 17.0 Å². The topological polar surface area (TPSA) is 74.7 Å². The molecule has 0 spiro atoms. The lowest BCUT2D eigenvalue weighted by Gasteiger charge is -2.29. The molecule has 20 heavy (non-hydrogen) atoms. The highest BCUT2D eigenvalue weighted by Gasteiger charge is 2.45. The number of imide groups is 1. The fourth-order valence-electron chi connectivity index (χ4n) is 2.97. The number of fused-ring (bicyclic) bond motifs is 2. The van der Waals surface area contributed by atoms with Crippen molar-refractivity contribution in [3.8, 4) is 0 Å². The van der Waals surface area contributed by atoms with Gasteiger partial charge in [-0.2, -0.15) is 0 Å². The monoisotopic (exact) mass is 277 g/mol. The number of halogens is 1. The molecule has 1 N–H and O–H groups in total. The summed E-state index contributed by atoms with van der Waals surface area (Å²) in [6.45, 7) is 0. The number of aromatic carboxylic acids is 1. The summed E-state index contributed by atoms with van der Waals surface area (Å²) >= 11 is 0. The van der Waals surface area contributed by atoms with Crippen molar-refractivity contribution in [3.05, 3.63) is 29.6 Å². The van der Waals surface area contributed by atoms with Gasteiger partial charge in [0.1, 0.15) is 5.82 Å². The summed E-state index contributed by atoms with van der Waals surface area (Å²) < 4.78 is 13.7. The molecular formula is C14H12FNO4. The van der Waals surface area contributed by atoms with Crippen LogP contribution in [0.2, 0.25) is 0 Å². The van der Waals surface area contributed by atoms with E-state index in [9.17, 15) is 18.8 Å². The molecule has 1 aliphatic heterocycles. The average Bonchev–Trinajstić information content (AvgIpc) is 2.83. The predicted molar refractivity (Wildman–Crippen MR) is 66.7 cm³/mol. The highest BCUT2D eigenvalue weighted by atomic mass is 19.1. The molecule has 1 saturated heterocycles. The number of piperidine rings is 1. The molecule has 3 rings (SSSR count). The van der Waals surface area contributed by atoms with Crippen LogP contribution in [0.5, 0.6) is 0 Å². The van der Waals surface area contributed by atoms with E-state index in [4.69, 9.17) is 5.11 Å². The molecule has 1 heterocycles. The zero-order valence-electron chi connectivity index (χ0n) is 10.5. The number of nitrogens with zero attached hydrogens (tertiary/aromatic N) is 1. The van der Waals surface area contributed by atoms with Crippen LogP contribution in [0.15, 0.2) is 18.2 Å². The number of benzene rings is 1. The molecule has 5 nitrogen and oxygen atoms in total. The minimum Gasteiger partial charge on any atom is -0.478 e. The Bertz CT molecular complexity index is 606. The molecule has 2 bridgehead atoms. The molecule has 1 saturated carbocycles. The molecule has 2 aliphatic rings. The van der Waals surface area contributed by atoms with Crippen molar-refractivity contribution in [2.45, 2.75) is 19.3 Å². The molecule has 2 fully saturated rings. The number of carbonyl (C=O) groups excluding carboxylic acids is 2. The summed E-state index contributed by atoms with van der Waals surface area (Å²) in [5.41, 5.74) is -0.368. The van der Waals surface area contributed by atoms with Crippen LogP contribution >= 0.6 is 0 Å². The molecule has 0 radical (unpaired) electrons. The maximum absolute atomic E-state index is 13.7. The molecule has 2 atom stereocenters. The van der Waals surface area contributed by atoms with Crippen LogP contribution in [0.3, 0.4) is 0 Å². The van der Waals surface area contributed by atoms with Crippen LogP contribution in [0.4, 0.5) is 10.1 Å². The van der Waals surface area contributed by atoms with Gasteiger partial charge >= 0.3 is 5.97 Å². The van der Waals surface area contributed by atoms with E-state index in [-0.39, 0.29) is 29.3 Å². The average molecular weight is 277 g/mol. The van der Waals surface area contributed by atoms with Crippen molar-refractivity contribution in [2.75, 3.05) is 4.90 Å². The smallest absolute Gasteiger partial charge is 0.338 e. The highest BCUT2D eigenvalue weighted by Crippen LogP contribution is 2.40. The van der Waals surface area contributed by atoms with Crippen molar-refractivity contribution in [1.29, 1.82) is 0 Å². The Kier molecular flexibility index (Phi) is 2.81. The highest BCUT2D eigenvalue weighted by molar-refractivity contribution is 6.18. The van der Waals surface area contributed by atoms with Crippen LogP contribution in [0.1, 0.15) is 29.6 Å². The quantitative estimate of drug-likeness (QED) is 0.837. The number of hydrogen-bond acceptors (Lipinski definition) is 3. The first-order valence-electron chi connectivity index (χ1n) is 6.39. The molecule has 0 aromatic heterocycles. The Hall–Kier alpha value is -2.24. The third kappa shape index (κ3) is 1.79. The lowest BCUT2D eigenvalue weighted by molar-refractivity contribution is -0.133. The number of carboxylic acid groups (broad SMARTS) is 1. The molecule has 2 unspecified atom stereocenters. The van der Waals surface area contributed by atoms with Gasteiger partial charge < -0.3 is 5.11 Å². The van der Waals surface area contributed by atoms with Crippen LogP contribution in [0.25, 0.3) is 0 Å². The summed E-state index contributed by atoms with van der Waals surface area (Å²) in [6.07, 6.45) is 1.94. The van der Waals surface area contributed by atoms with E-state index in [1.807, 2.05) is 0 Å². The standard InChI is InChI=1S/C14H12FNO4/c15-11-6-9(3-4-10(11)14(19)20)16-12(17)7-1-2-8(5-7)13(16)18/h3-4,6-8H,1-2,5H2,(H,19,20). The normalized spacial score (nSPS) is 25.1. The van der Waals surface area contributed by atoms with E-state index in [2.05, 4.69) is 0 Å². The third-order valence-corrected chi connectivity index (χ3v) is 4.01. The first-order chi connectivity index (χ1) is 9.49. The first-order valence-corrected chi connectivity index (χ1v) is 6.39. The van der Waals surface area contributed by atoms with E-state index < -0.39 is 17.3 Å². The Morgan fingerprint density at radius 3 is 2.30 bits per heavy atom. The van der Waals surface area contributed by atoms with Gasteiger partial charge in [-0.15, -0.1) is 0 Å². The number of rotatable bonds is 2. The van der Waals surface area contributed by atoms with Gasteiger partial charge in [-0.1, -0.05) is 0 Å². The zero-order valence-corrected chi connectivity index (χ0v) is 10.5. The van der Waals surface area contributed by atoms with Gasteiger partial charge in [0.2, 0.25) is 11.8 Å². The Balaban J connectivity index is 2.00. The fourth-order valence-corrected chi connectivity index (χ4v) is 2.97. The molecule has 6 heteroatoms. The van der Waals surface area contributed by atoms with Crippen LogP contribution in [-0.4, -0.2) is 22.9 Å². The van der Waals surface area contributed by atoms with Crippen molar-refractivity contribution in [3.63, 3.8) is 0 Å². The Labute approximate surface area is 114 Å². The predicted octanol–water partition coefficient (Wildman–Crippen LogP) is 1.81. The van der Waals surface area contributed by atoms with Gasteiger partial charge in [0.15, 0.2) is 0 Å². The lowest BCUT2D eigenvalue weighted by atomic mass is 9.96. The van der Waals surface area contributed by atoms with Crippen LogP contribution in [0, 0.1) is 17.7 Å². The van der Waals surface area contributed by atoms with Crippen molar-refractivity contribution in [2.24, 2.45) is 11.8 Å². The minimum absolute atomic E-state index is 0.110. The summed E-state index contributed by atoms with van der Waals surface area (Å²) in [5, 5.41) is 8.78. The summed E-state index contributed by atoms with van der Waals surface area (Å²) in [4.78, 5) is 36.1. The fraction of sp³-hybridized carbons (Fsp3) is 0.357. The second-order valence-corrected chi connectivity index (χ2v) is 5.19. The third-order valence-electron chi connectivity index (χ3n) is 4.01. The SMILES string of the molecule is O=C(O)c1ccc(N2C(=O)C3CCC(C3)C2=O)cc1F. The first kappa shape index (κ1) is 12.8. The van der Waals surface area contributed by atoms with Gasteiger partial charge in [0.05, 0.1) is 11.3 Å².